The third-order valence-electron chi connectivity index (χ3n) is 3.88. The highest BCUT2D eigenvalue weighted by Crippen LogP contribution is 2.27. The van der Waals surface area contributed by atoms with Crippen LogP contribution in [0.1, 0.15) is 31.1 Å². The van der Waals surface area contributed by atoms with E-state index in [1.165, 1.54) is 31.3 Å². The first-order valence-electron chi connectivity index (χ1n) is 8.78. The average molecular weight is 441 g/mol. The summed E-state index contributed by atoms with van der Waals surface area (Å²) in [5.74, 6) is 0.446. The largest absolute Gasteiger partial charge is 0.351 e. The Kier molecular flexibility index (Phi) is 7.42. The molecule has 152 valence electrons. The van der Waals surface area contributed by atoms with Crippen molar-refractivity contribution in [3.05, 3.63) is 59.1 Å². The van der Waals surface area contributed by atoms with E-state index in [0.717, 1.165) is 10.1 Å². The molecule has 0 saturated heterocycles. The van der Waals surface area contributed by atoms with Gasteiger partial charge in [-0.25, -0.2) is 8.42 Å². The zero-order chi connectivity index (χ0) is 20.9. The molecule has 1 amide bonds. The first kappa shape index (κ1) is 22.6. The first-order valence-corrected chi connectivity index (χ1v) is 11.6. The van der Waals surface area contributed by atoms with Gasteiger partial charge < -0.3 is 5.32 Å². The topological polar surface area (TPSA) is 66.5 Å². The second-order valence-electron chi connectivity index (χ2n) is 7.17. The highest BCUT2D eigenvalue weighted by molar-refractivity contribution is 8.00. The third kappa shape index (κ3) is 5.90. The number of nitrogens with zero attached hydrogens (tertiary/aromatic N) is 1. The predicted molar refractivity (Wildman–Crippen MR) is 118 cm³/mol. The molecule has 1 N–H and O–H groups in total. The Labute approximate surface area is 176 Å². The summed E-state index contributed by atoms with van der Waals surface area (Å²) < 4.78 is 26.9. The summed E-state index contributed by atoms with van der Waals surface area (Å²) in [5.41, 5.74) is 0.609. The maximum Gasteiger partial charge on any atom is 0.264 e. The predicted octanol–water partition coefficient (Wildman–Crippen LogP) is 4.43. The first-order chi connectivity index (χ1) is 13.0. The van der Waals surface area contributed by atoms with E-state index >= 15 is 0 Å². The van der Waals surface area contributed by atoms with Gasteiger partial charge in [-0.05, 0) is 30.3 Å². The van der Waals surface area contributed by atoms with E-state index in [0.29, 0.717) is 12.2 Å². The summed E-state index contributed by atoms with van der Waals surface area (Å²) in [4.78, 5) is 12.7. The summed E-state index contributed by atoms with van der Waals surface area (Å²) in [6.07, 6.45) is 0. The van der Waals surface area contributed by atoms with Gasteiger partial charge in [-0.3, -0.25) is 9.10 Å². The van der Waals surface area contributed by atoms with Crippen LogP contribution in [0.5, 0.6) is 0 Å². The number of hydrogen-bond acceptors (Lipinski definition) is 4. The molecule has 0 aliphatic heterocycles. The normalized spacial score (nSPS) is 11.9. The molecule has 2 aromatic carbocycles. The zero-order valence-corrected chi connectivity index (χ0v) is 18.8. The summed E-state index contributed by atoms with van der Waals surface area (Å²) in [6.45, 7) is 6.84. The molecule has 0 spiro atoms. The number of carbonyl (C=O) groups is 1. The molecule has 0 radical (unpaired) electrons. The van der Waals surface area contributed by atoms with Crippen LogP contribution >= 0.6 is 23.4 Å². The number of carbonyl (C=O) groups excluding carboxylic acids is 1. The van der Waals surface area contributed by atoms with Gasteiger partial charge in [0.1, 0.15) is 0 Å². The molecule has 8 heteroatoms. The van der Waals surface area contributed by atoms with E-state index < -0.39 is 10.0 Å². The van der Waals surface area contributed by atoms with Crippen molar-refractivity contribution in [1.29, 1.82) is 0 Å². The van der Waals surface area contributed by atoms with E-state index in [-0.39, 0.29) is 26.1 Å². The molecule has 0 fully saturated rings. The van der Waals surface area contributed by atoms with Crippen molar-refractivity contribution in [3.8, 4) is 0 Å². The van der Waals surface area contributed by atoms with E-state index in [2.05, 4.69) is 26.1 Å². The molecule has 0 unspecified atom stereocenters. The van der Waals surface area contributed by atoms with E-state index in [9.17, 15) is 13.2 Å². The fourth-order valence-corrected chi connectivity index (χ4v) is 4.62. The number of hydrogen-bond donors (Lipinski definition) is 1. The van der Waals surface area contributed by atoms with Crippen LogP contribution in [-0.2, 0) is 10.0 Å². The van der Waals surface area contributed by atoms with Crippen LogP contribution in [0.4, 0.5) is 5.69 Å². The molecule has 0 saturated carbocycles. The lowest BCUT2D eigenvalue weighted by molar-refractivity contribution is 0.0956. The Morgan fingerprint density at radius 2 is 1.79 bits per heavy atom. The molecule has 2 aromatic rings. The van der Waals surface area contributed by atoms with Gasteiger partial charge in [0.25, 0.3) is 15.9 Å². The lowest BCUT2D eigenvalue weighted by atomic mass is 10.2. The van der Waals surface area contributed by atoms with Gasteiger partial charge in [-0.1, -0.05) is 50.6 Å². The van der Waals surface area contributed by atoms with Crippen LogP contribution < -0.4 is 9.62 Å². The molecule has 0 aliphatic carbocycles. The molecular formula is C20H25ClN2O3S2. The Balaban J connectivity index is 2.17. The monoisotopic (exact) mass is 440 g/mol. The van der Waals surface area contributed by atoms with E-state index in [1.54, 1.807) is 36.0 Å². The van der Waals surface area contributed by atoms with Gasteiger partial charge in [-0.15, -0.1) is 0 Å². The molecule has 0 aromatic heterocycles. The van der Waals surface area contributed by atoms with Gasteiger partial charge in [0, 0.05) is 24.1 Å². The number of halogens is 1. The number of anilines is 1. The summed E-state index contributed by atoms with van der Waals surface area (Å²) >= 11 is 7.93. The van der Waals surface area contributed by atoms with Crippen molar-refractivity contribution in [1.82, 2.24) is 5.32 Å². The lowest BCUT2D eigenvalue weighted by Crippen LogP contribution is -2.29. The molecule has 0 aliphatic rings. The smallest absolute Gasteiger partial charge is 0.264 e. The van der Waals surface area contributed by atoms with Gasteiger partial charge in [-0.2, -0.15) is 11.8 Å². The number of rotatable bonds is 7. The molecule has 2 rings (SSSR count). The van der Waals surface area contributed by atoms with Gasteiger partial charge in [0.2, 0.25) is 0 Å². The second-order valence-corrected chi connectivity index (χ2v) is 11.5. The maximum absolute atomic E-state index is 12.8. The fraction of sp³-hybridized carbons (Fsp3) is 0.350. The van der Waals surface area contributed by atoms with Crippen LogP contribution in [0.2, 0.25) is 5.02 Å². The van der Waals surface area contributed by atoms with Crippen LogP contribution in [0.3, 0.4) is 0 Å². The van der Waals surface area contributed by atoms with Crippen molar-refractivity contribution < 1.29 is 13.2 Å². The summed E-state index contributed by atoms with van der Waals surface area (Å²) in [5, 5.41) is 3.11. The van der Waals surface area contributed by atoms with Crippen LogP contribution in [0, 0.1) is 0 Å². The molecule has 0 bridgehead atoms. The summed E-state index contributed by atoms with van der Waals surface area (Å²) in [7, 11) is -2.28. The minimum absolute atomic E-state index is 0.122. The molecular weight excluding hydrogens is 416 g/mol. The van der Waals surface area contributed by atoms with Crippen LogP contribution in [0.15, 0.2) is 53.4 Å². The Morgan fingerprint density at radius 3 is 2.39 bits per heavy atom. The molecule has 28 heavy (non-hydrogen) atoms. The number of thioether (sulfide) groups is 1. The van der Waals surface area contributed by atoms with E-state index in [4.69, 9.17) is 11.6 Å². The van der Waals surface area contributed by atoms with Crippen molar-refractivity contribution in [3.63, 3.8) is 0 Å². The quantitative estimate of drug-likeness (QED) is 0.647. The highest BCUT2D eigenvalue weighted by atomic mass is 35.5. The molecule has 5 nitrogen and oxygen atoms in total. The van der Waals surface area contributed by atoms with Crippen molar-refractivity contribution in [2.45, 2.75) is 30.4 Å². The second kappa shape index (κ2) is 9.20. The number of sulfonamides is 1. The number of nitrogens with one attached hydrogen (secondary N) is 1. The van der Waals surface area contributed by atoms with Crippen molar-refractivity contribution in [2.24, 2.45) is 0 Å². The number of amides is 1. The Morgan fingerprint density at radius 1 is 1.14 bits per heavy atom. The number of benzene rings is 2. The maximum atomic E-state index is 12.8. The highest BCUT2D eigenvalue weighted by Gasteiger charge is 2.22. The van der Waals surface area contributed by atoms with Gasteiger partial charge in [0.05, 0.1) is 21.2 Å². The van der Waals surface area contributed by atoms with Crippen LogP contribution in [-0.4, -0.2) is 38.4 Å². The molecule has 0 atom stereocenters. The Hall–Kier alpha value is -1.70. The Bertz CT molecular complexity index is 926. The van der Waals surface area contributed by atoms with Crippen LogP contribution in [0.25, 0.3) is 0 Å². The third-order valence-corrected chi connectivity index (χ3v) is 7.29. The minimum atomic E-state index is -3.73. The average Bonchev–Trinajstić information content (AvgIpc) is 2.65. The minimum Gasteiger partial charge on any atom is -0.351 e. The van der Waals surface area contributed by atoms with Crippen molar-refractivity contribution >= 4 is 45.0 Å². The lowest BCUT2D eigenvalue weighted by Gasteiger charge is -2.21. The van der Waals surface area contributed by atoms with E-state index in [1.807, 2.05) is 0 Å². The fourth-order valence-electron chi connectivity index (χ4n) is 2.39. The van der Waals surface area contributed by atoms with Gasteiger partial charge >= 0.3 is 0 Å². The SMILES string of the molecule is CN(c1ccc(Cl)c(C(=O)NCCSC(C)(C)C)c1)S(=O)(=O)c1ccccc1. The molecule has 0 heterocycles. The van der Waals surface area contributed by atoms with Gasteiger partial charge in [0.15, 0.2) is 0 Å². The zero-order valence-electron chi connectivity index (χ0n) is 16.4. The summed E-state index contributed by atoms with van der Waals surface area (Å²) in [6, 6.07) is 12.7. The van der Waals surface area contributed by atoms with Crippen molar-refractivity contribution in [2.75, 3.05) is 23.7 Å². The standard InChI is InChI=1S/C20H25ClN2O3S2/c1-20(2,3)27-13-12-22-19(24)17-14-15(10-11-18(17)21)23(4)28(25,26)16-8-6-5-7-9-16/h5-11,14H,12-13H2,1-4H3,(H,22,24).